The van der Waals surface area contributed by atoms with Crippen molar-refractivity contribution >= 4 is 16.8 Å². The van der Waals surface area contributed by atoms with Gasteiger partial charge in [-0.2, -0.15) is 0 Å². The number of nitrogens with zero attached hydrogens (tertiary/aromatic N) is 1. The van der Waals surface area contributed by atoms with Crippen LogP contribution in [0.5, 0.6) is 0 Å². The maximum absolute atomic E-state index is 10.0. The molecular weight excluding hydrogens is 530 g/mol. The van der Waals surface area contributed by atoms with Crippen molar-refractivity contribution in [2.75, 3.05) is 0 Å². The van der Waals surface area contributed by atoms with Gasteiger partial charge < -0.3 is 14.5 Å². The number of hydrogen-bond acceptors (Lipinski definition) is 4. The third-order valence-electron chi connectivity index (χ3n) is 4.50. The van der Waals surface area contributed by atoms with Gasteiger partial charge in [-0.3, -0.25) is 4.79 Å². The molecule has 1 aliphatic rings. The molecule has 1 aliphatic carbocycles. The van der Waals surface area contributed by atoms with Crippen LogP contribution in [-0.4, -0.2) is 15.9 Å². The SMILES string of the molecule is CC(=O)/C=C(/C)O.Cc1ccc(-c2[c-]ccc3c4c(oc23)CCCC4)nc1.[Ir]. The largest absolute Gasteiger partial charge is 0.512 e. The fourth-order valence-corrected chi connectivity index (χ4v) is 3.33. The number of aliphatic hydroxyl groups excluding tert-OH is 1. The van der Waals surface area contributed by atoms with Crippen molar-refractivity contribution in [2.24, 2.45) is 0 Å². The van der Waals surface area contributed by atoms with Crippen molar-refractivity contribution in [3.63, 3.8) is 0 Å². The summed E-state index contributed by atoms with van der Waals surface area (Å²) in [5.74, 6) is 1.10. The number of aromatic nitrogens is 1. The minimum absolute atomic E-state index is 0. The molecule has 0 amide bonds. The summed E-state index contributed by atoms with van der Waals surface area (Å²) in [6.07, 6.45) is 7.75. The molecule has 28 heavy (non-hydrogen) atoms. The van der Waals surface area contributed by atoms with Crippen LogP contribution < -0.4 is 0 Å². The number of rotatable bonds is 2. The van der Waals surface area contributed by atoms with E-state index in [4.69, 9.17) is 9.52 Å². The molecule has 1 aromatic carbocycles. The van der Waals surface area contributed by atoms with Crippen molar-refractivity contribution in [1.29, 1.82) is 0 Å². The number of hydrogen-bond donors (Lipinski definition) is 1. The first kappa shape index (κ1) is 22.1. The molecule has 0 saturated carbocycles. The Balaban J connectivity index is 0.000000306. The van der Waals surface area contributed by atoms with Gasteiger partial charge in [-0.05, 0) is 56.9 Å². The number of allylic oxidation sites excluding steroid dienone is 2. The molecule has 4 nitrogen and oxygen atoms in total. The molecule has 1 radical (unpaired) electrons. The van der Waals surface area contributed by atoms with E-state index in [2.05, 4.69) is 23.2 Å². The van der Waals surface area contributed by atoms with Crippen LogP contribution in [0.3, 0.4) is 0 Å². The molecule has 5 heteroatoms. The number of fused-ring (bicyclic) bond motifs is 3. The second-order valence-electron chi connectivity index (χ2n) is 6.92. The van der Waals surface area contributed by atoms with Gasteiger partial charge in [0.1, 0.15) is 0 Å². The van der Waals surface area contributed by atoms with Gasteiger partial charge in [0, 0.05) is 38.8 Å². The summed E-state index contributed by atoms with van der Waals surface area (Å²) in [6.45, 7) is 4.90. The number of benzene rings is 1. The minimum Gasteiger partial charge on any atom is -0.512 e. The number of carbonyl (C=O) groups is 1. The smallest absolute Gasteiger partial charge is 0.155 e. The van der Waals surface area contributed by atoms with E-state index in [1.165, 1.54) is 55.0 Å². The molecule has 0 atom stereocenters. The van der Waals surface area contributed by atoms with Crippen molar-refractivity contribution in [3.05, 3.63) is 65.3 Å². The molecule has 0 spiro atoms. The van der Waals surface area contributed by atoms with E-state index in [0.717, 1.165) is 29.7 Å². The van der Waals surface area contributed by atoms with Gasteiger partial charge in [-0.25, -0.2) is 0 Å². The van der Waals surface area contributed by atoms with Crippen LogP contribution in [0.25, 0.3) is 22.2 Å². The van der Waals surface area contributed by atoms with Gasteiger partial charge in [0.25, 0.3) is 0 Å². The topological polar surface area (TPSA) is 63.3 Å². The number of aryl methyl sites for hydroxylation is 3. The normalized spacial score (nSPS) is 13.2. The molecule has 1 N–H and O–H groups in total. The fourth-order valence-electron chi connectivity index (χ4n) is 3.33. The first-order valence-corrected chi connectivity index (χ1v) is 9.21. The van der Waals surface area contributed by atoms with Crippen LogP contribution in [0.4, 0.5) is 0 Å². The predicted octanol–water partition coefficient (Wildman–Crippen LogP) is 5.52. The Labute approximate surface area is 179 Å². The average Bonchev–Trinajstić information content (AvgIpc) is 3.01. The number of ketones is 1. The quantitative estimate of drug-likeness (QED) is 0.258. The van der Waals surface area contributed by atoms with Gasteiger partial charge in [-0.1, -0.05) is 23.1 Å². The van der Waals surface area contributed by atoms with E-state index in [-0.39, 0.29) is 31.6 Å². The summed E-state index contributed by atoms with van der Waals surface area (Å²) in [5.41, 5.74) is 5.44. The van der Waals surface area contributed by atoms with Crippen molar-refractivity contribution in [3.8, 4) is 11.3 Å². The zero-order valence-corrected chi connectivity index (χ0v) is 18.7. The van der Waals surface area contributed by atoms with Gasteiger partial charge in [0.15, 0.2) is 5.78 Å². The van der Waals surface area contributed by atoms with Gasteiger partial charge in [0.2, 0.25) is 0 Å². The zero-order valence-electron chi connectivity index (χ0n) is 16.3. The van der Waals surface area contributed by atoms with Crippen LogP contribution in [0.2, 0.25) is 0 Å². The second kappa shape index (κ2) is 9.81. The van der Waals surface area contributed by atoms with E-state index < -0.39 is 0 Å². The number of aliphatic hydroxyl groups is 1. The van der Waals surface area contributed by atoms with E-state index in [9.17, 15) is 4.79 Å². The molecule has 149 valence electrons. The molecule has 2 aromatic heterocycles. The van der Waals surface area contributed by atoms with Crippen molar-refractivity contribution in [1.82, 2.24) is 4.98 Å². The molecule has 0 saturated heterocycles. The zero-order chi connectivity index (χ0) is 19.4. The standard InChI is InChI=1S/C18H16NO.C5H8O2.Ir/c1-12-9-10-16(19-11-12)15-7-4-6-14-13-5-2-3-8-17(13)20-18(14)15;1-4(6)3-5(2)7;/h4,6,9-11H,2-3,5,8H2,1H3;3,6H,1-2H3;/q-1;;/b;4-3-;. The molecule has 0 unspecified atom stereocenters. The third-order valence-corrected chi connectivity index (χ3v) is 4.50. The molecule has 0 bridgehead atoms. The summed E-state index contributed by atoms with van der Waals surface area (Å²) >= 11 is 0. The van der Waals surface area contributed by atoms with E-state index >= 15 is 0 Å². The van der Waals surface area contributed by atoms with Crippen LogP contribution in [0.1, 0.15) is 43.6 Å². The Kier molecular flexibility index (Phi) is 7.73. The van der Waals surface area contributed by atoms with Crippen LogP contribution >= 0.6 is 0 Å². The molecule has 0 fully saturated rings. The maximum Gasteiger partial charge on any atom is 0.155 e. The monoisotopic (exact) mass is 555 g/mol. The second-order valence-corrected chi connectivity index (χ2v) is 6.92. The fraction of sp³-hybridized carbons (Fsp3) is 0.304. The summed E-state index contributed by atoms with van der Waals surface area (Å²) in [5, 5.41) is 9.61. The summed E-state index contributed by atoms with van der Waals surface area (Å²) in [6, 6.07) is 11.5. The molecule has 2 heterocycles. The van der Waals surface area contributed by atoms with Crippen LogP contribution in [-0.2, 0) is 37.7 Å². The molecule has 4 rings (SSSR count). The van der Waals surface area contributed by atoms with Crippen molar-refractivity contribution in [2.45, 2.75) is 46.5 Å². The Hall–Kier alpha value is -2.23. The predicted molar refractivity (Wildman–Crippen MR) is 107 cm³/mol. The van der Waals surface area contributed by atoms with Gasteiger partial charge in [-0.15, -0.1) is 18.2 Å². The molecular formula is C23H24IrNO3-. The molecule has 0 aliphatic heterocycles. The first-order chi connectivity index (χ1) is 13.0. The van der Waals surface area contributed by atoms with Gasteiger partial charge >= 0.3 is 0 Å². The summed E-state index contributed by atoms with van der Waals surface area (Å²) in [7, 11) is 0. The maximum atomic E-state index is 10.0. The number of furan rings is 1. The van der Waals surface area contributed by atoms with E-state index in [1.54, 1.807) is 0 Å². The first-order valence-electron chi connectivity index (χ1n) is 9.21. The van der Waals surface area contributed by atoms with Crippen LogP contribution in [0.15, 0.2) is 46.7 Å². The molecule has 3 aromatic rings. The van der Waals surface area contributed by atoms with E-state index in [1.807, 2.05) is 25.3 Å². The Morgan fingerprint density at radius 1 is 1.21 bits per heavy atom. The number of carbonyl (C=O) groups excluding carboxylic acids is 1. The number of pyridine rings is 1. The van der Waals surface area contributed by atoms with Crippen LogP contribution in [0, 0.1) is 13.0 Å². The van der Waals surface area contributed by atoms with Crippen molar-refractivity contribution < 1.29 is 34.4 Å². The Morgan fingerprint density at radius 2 is 1.96 bits per heavy atom. The summed E-state index contributed by atoms with van der Waals surface area (Å²) < 4.78 is 6.14. The Bertz CT molecular complexity index is 983. The third kappa shape index (κ3) is 5.18. The average molecular weight is 555 g/mol. The van der Waals surface area contributed by atoms with E-state index in [0.29, 0.717) is 0 Å². The Morgan fingerprint density at radius 3 is 2.57 bits per heavy atom. The minimum atomic E-state index is -0.125. The summed E-state index contributed by atoms with van der Waals surface area (Å²) in [4.78, 5) is 14.5. The van der Waals surface area contributed by atoms with Gasteiger partial charge in [0.05, 0.1) is 17.1 Å².